The number of hydrogen-bond donors (Lipinski definition) is 1. The van der Waals surface area contributed by atoms with Gasteiger partial charge in [0.05, 0.1) is 19.3 Å². The Labute approximate surface area is 156 Å². The van der Waals surface area contributed by atoms with Crippen molar-refractivity contribution < 1.29 is 14.6 Å². The lowest BCUT2D eigenvalue weighted by atomic mass is 9.88. The fourth-order valence-corrected chi connectivity index (χ4v) is 4.77. The van der Waals surface area contributed by atoms with Crippen LogP contribution in [0.3, 0.4) is 0 Å². The van der Waals surface area contributed by atoms with E-state index in [4.69, 9.17) is 4.74 Å². The van der Waals surface area contributed by atoms with E-state index in [-0.39, 0.29) is 18.6 Å². The van der Waals surface area contributed by atoms with Crippen LogP contribution in [0, 0.1) is 11.8 Å². The first-order valence-corrected chi connectivity index (χ1v) is 9.89. The van der Waals surface area contributed by atoms with Gasteiger partial charge in [-0.2, -0.15) is 0 Å². The van der Waals surface area contributed by atoms with Crippen molar-refractivity contribution in [2.45, 2.75) is 38.3 Å². The van der Waals surface area contributed by atoms with E-state index in [1.807, 2.05) is 35.2 Å². The number of carbonyl (C=O) groups is 1. The minimum absolute atomic E-state index is 0.0303. The average molecular weight is 360 g/mol. The maximum atomic E-state index is 13.0. The number of rotatable bonds is 7. The van der Waals surface area contributed by atoms with Gasteiger partial charge < -0.3 is 14.7 Å². The SMILES string of the molecule is CC[C@@H]1CN(C(=O)c2ccccc2)[C@H](CO)[C@@H]1CN1CCC[C@@H]1COC. The van der Waals surface area contributed by atoms with Gasteiger partial charge in [-0.3, -0.25) is 9.69 Å². The number of aliphatic hydroxyl groups excluding tert-OH is 1. The predicted octanol–water partition coefficient (Wildman–Crippen LogP) is 2.26. The lowest BCUT2D eigenvalue weighted by Crippen LogP contribution is -2.45. The first kappa shape index (κ1) is 19.3. The summed E-state index contributed by atoms with van der Waals surface area (Å²) in [5.74, 6) is 0.791. The van der Waals surface area contributed by atoms with Crippen LogP contribution in [0.1, 0.15) is 36.5 Å². The van der Waals surface area contributed by atoms with Crippen molar-refractivity contribution in [3.8, 4) is 0 Å². The number of ether oxygens (including phenoxy) is 1. The maximum absolute atomic E-state index is 13.0. The number of aliphatic hydroxyl groups is 1. The van der Waals surface area contributed by atoms with E-state index in [0.29, 0.717) is 23.4 Å². The van der Waals surface area contributed by atoms with Crippen molar-refractivity contribution in [3.05, 3.63) is 35.9 Å². The molecule has 0 aliphatic carbocycles. The van der Waals surface area contributed by atoms with Crippen LogP contribution in [0.25, 0.3) is 0 Å². The first-order valence-electron chi connectivity index (χ1n) is 9.89. The van der Waals surface area contributed by atoms with Crippen molar-refractivity contribution in [3.63, 3.8) is 0 Å². The summed E-state index contributed by atoms with van der Waals surface area (Å²) in [6.07, 6.45) is 3.41. The van der Waals surface area contributed by atoms with Crippen molar-refractivity contribution in [2.75, 3.05) is 40.0 Å². The van der Waals surface area contributed by atoms with Gasteiger partial charge in [-0.1, -0.05) is 31.5 Å². The minimum atomic E-state index is -0.101. The Kier molecular flexibility index (Phi) is 6.68. The van der Waals surface area contributed by atoms with Crippen LogP contribution in [0.15, 0.2) is 30.3 Å². The van der Waals surface area contributed by atoms with Crippen molar-refractivity contribution in [1.82, 2.24) is 9.80 Å². The molecule has 1 aromatic carbocycles. The maximum Gasteiger partial charge on any atom is 0.254 e. The molecule has 0 unspecified atom stereocenters. The zero-order valence-corrected chi connectivity index (χ0v) is 16.0. The van der Waals surface area contributed by atoms with Crippen LogP contribution in [0.5, 0.6) is 0 Å². The van der Waals surface area contributed by atoms with E-state index in [0.717, 1.165) is 32.7 Å². The van der Waals surface area contributed by atoms with Gasteiger partial charge in [0, 0.05) is 31.8 Å². The Bertz CT molecular complexity index is 580. The van der Waals surface area contributed by atoms with E-state index in [9.17, 15) is 9.90 Å². The molecule has 2 aliphatic rings. The van der Waals surface area contributed by atoms with Gasteiger partial charge in [0.15, 0.2) is 0 Å². The number of benzene rings is 1. The fourth-order valence-electron chi connectivity index (χ4n) is 4.77. The van der Waals surface area contributed by atoms with Gasteiger partial charge in [0.1, 0.15) is 0 Å². The molecule has 4 atom stereocenters. The van der Waals surface area contributed by atoms with E-state index < -0.39 is 0 Å². The quantitative estimate of drug-likeness (QED) is 0.810. The number of carbonyl (C=O) groups excluding carboxylic acids is 1. The second-order valence-electron chi connectivity index (χ2n) is 7.65. The molecule has 0 bridgehead atoms. The highest BCUT2D eigenvalue weighted by Crippen LogP contribution is 2.35. The fraction of sp³-hybridized carbons (Fsp3) is 0.667. The molecule has 0 aromatic heterocycles. The Morgan fingerprint density at radius 2 is 2.08 bits per heavy atom. The normalized spacial score (nSPS) is 29.4. The third kappa shape index (κ3) is 3.95. The third-order valence-electron chi connectivity index (χ3n) is 6.23. The second kappa shape index (κ2) is 8.98. The predicted molar refractivity (Wildman–Crippen MR) is 102 cm³/mol. The summed E-state index contributed by atoms with van der Waals surface area (Å²) >= 11 is 0. The number of hydrogen-bond acceptors (Lipinski definition) is 4. The smallest absolute Gasteiger partial charge is 0.254 e. The molecule has 1 aromatic rings. The lowest BCUT2D eigenvalue weighted by molar-refractivity contribution is 0.0578. The molecule has 0 spiro atoms. The highest BCUT2D eigenvalue weighted by molar-refractivity contribution is 5.94. The molecule has 0 radical (unpaired) electrons. The van der Waals surface area contributed by atoms with E-state index >= 15 is 0 Å². The van der Waals surface area contributed by atoms with Crippen LogP contribution in [0.2, 0.25) is 0 Å². The first-order chi connectivity index (χ1) is 12.7. The molecule has 2 heterocycles. The Hall–Kier alpha value is -1.43. The third-order valence-corrected chi connectivity index (χ3v) is 6.23. The molecule has 26 heavy (non-hydrogen) atoms. The van der Waals surface area contributed by atoms with Gasteiger partial charge in [0.2, 0.25) is 0 Å². The van der Waals surface area contributed by atoms with Gasteiger partial charge >= 0.3 is 0 Å². The number of amides is 1. The number of likely N-dealkylation sites (tertiary alicyclic amines) is 2. The van der Waals surface area contributed by atoms with Gasteiger partial charge in [-0.15, -0.1) is 0 Å². The summed E-state index contributed by atoms with van der Waals surface area (Å²) in [5.41, 5.74) is 0.708. The van der Waals surface area contributed by atoms with Crippen LogP contribution in [0.4, 0.5) is 0 Å². The summed E-state index contributed by atoms with van der Waals surface area (Å²) in [6.45, 7) is 5.76. The Morgan fingerprint density at radius 3 is 2.73 bits per heavy atom. The molecular formula is C21H32N2O3. The molecule has 0 saturated carbocycles. The van der Waals surface area contributed by atoms with E-state index in [2.05, 4.69) is 11.8 Å². The second-order valence-corrected chi connectivity index (χ2v) is 7.65. The molecule has 144 valence electrons. The van der Waals surface area contributed by atoms with Crippen LogP contribution in [-0.2, 0) is 4.74 Å². The highest BCUT2D eigenvalue weighted by atomic mass is 16.5. The molecule has 1 N–H and O–H groups in total. The molecular weight excluding hydrogens is 328 g/mol. The molecule has 3 rings (SSSR count). The minimum Gasteiger partial charge on any atom is -0.394 e. The number of nitrogens with zero attached hydrogens (tertiary/aromatic N) is 2. The van der Waals surface area contributed by atoms with Crippen LogP contribution in [-0.4, -0.2) is 72.9 Å². The van der Waals surface area contributed by atoms with E-state index in [1.54, 1.807) is 7.11 Å². The average Bonchev–Trinajstić information content (AvgIpc) is 3.26. The molecule has 2 aliphatic heterocycles. The van der Waals surface area contributed by atoms with Crippen LogP contribution >= 0.6 is 0 Å². The van der Waals surface area contributed by atoms with Crippen molar-refractivity contribution >= 4 is 5.91 Å². The zero-order valence-electron chi connectivity index (χ0n) is 16.0. The van der Waals surface area contributed by atoms with Crippen molar-refractivity contribution in [1.29, 1.82) is 0 Å². The summed E-state index contributed by atoms with van der Waals surface area (Å²) < 4.78 is 5.39. The summed E-state index contributed by atoms with van der Waals surface area (Å²) in [5, 5.41) is 10.1. The molecule has 5 nitrogen and oxygen atoms in total. The zero-order chi connectivity index (χ0) is 18.5. The highest BCUT2D eigenvalue weighted by Gasteiger charge is 2.44. The standard InChI is InChI=1S/C21H32N2O3/c1-3-16-12-23(21(25)17-8-5-4-6-9-17)20(14-24)19(16)13-22-11-7-10-18(22)15-26-2/h4-6,8-9,16,18-20,24H,3,7,10-15H2,1-2H3/t16-,18-,19-,20-/m1/s1. The Morgan fingerprint density at radius 1 is 1.31 bits per heavy atom. The monoisotopic (exact) mass is 360 g/mol. The summed E-state index contributed by atoms with van der Waals surface area (Å²) in [6, 6.07) is 9.80. The van der Waals surface area contributed by atoms with Gasteiger partial charge in [0.25, 0.3) is 5.91 Å². The van der Waals surface area contributed by atoms with Gasteiger partial charge in [-0.05, 0) is 43.4 Å². The van der Waals surface area contributed by atoms with Gasteiger partial charge in [-0.25, -0.2) is 0 Å². The molecule has 2 fully saturated rings. The largest absolute Gasteiger partial charge is 0.394 e. The molecule has 1 amide bonds. The van der Waals surface area contributed by atoms with Crippen LogP contribution < -0.4 is 0 Å². The molecule has 2 saturated heterocycles. The summed E-state index contributed by atoms with van der Waals surface area (Å²) in [7, 11) is 1.76. The topological polar surface area (TPSA) is 53.0 Å². The number of methoxy groups -OCH3 is 1. The lowest BCUT2D eigenvalue weighted by Gasteiger charge is -2.32. The van der Waals surface area contributed by atoms with Crippen molar-refractivity contribution in [2.24, 2.45) is 11.8 Å². The summed E-state index contributed by atoms with van der Waals surface area (Å²) in [4.78, 5) is 17.4. The molecule has 5 heteroatoms. The van der Waals surface area contributed by atoms with E-state index in [1.165, 1.54) is 12.8 Å². The Balaban J connectivity index is 1.75.